The van der Waals surface area contributed by atoms with Gasteiger partial charge in [-0.05, 0) is 17.7 Å². The minimum absolute atomic E-state index is 0.0332. The number of para-hydroxylation sites is 1. The molecule has 134 valence electrons. The summed E-state index contributed by atoms with van der Waals surface area (Å²) in [7, 11) is -2.49. The van der Waals surface area contributed by atoms with E-state index in [0.29, 0.717) is 5.69 Å². The van der Waals surface area contributed by atoms with Gasteiger partial charge in [0.15, 0.2) is 0 Å². The van der Waals surface area contributed by atoms with Gasteiger partial charge in [0.05, 0.1) is 24.2 Å². The van der Waals surface area contributed by atoms with Crippen LogP contribution in [0.25, 0.3) is 0 Å². The molecule has 0 bridgehead atoms. The van der Waals surface area contributed by atoms with E-state index in [1.165, 1.54) is 29.6 Å². The molecule has 0 amide bonds. The Hall–Kier alpha value is -2.99. The predicted octanol–water partition coefficient (Wildman–Crippen LogP) is 3.80. The van der Waals surface area contributed by atoms with E-state index in [1.54, 1.807) is 24.3 Å². The highest BCUT2D eigenvalue weighted by molar-refractivity contribution is 7.92. The first-order chi connectivity index (χ1) is 12.5. The first-order valence-corrected chi connectivity index (χ1v) is 9.44. The second-order valence-electron chi connectivity index (χ2n) is 5.70. The summed E-state index contributed by atoms with van der Waals surface area (Å²) in [6, 6.07) is 22.2. The molecule has 26 heavy (non-hydrogen) atoms. The van der Waals surface area contributed by atoms with E-state index in [9.17, 15) is 13.5 Å². The highest BCUT2D eigenvalue weighted by Crippen LogP contribution is 2.30. The number of benzene rings is 3. The van der Waals surface area contributed by atoms with Crippen LogP contribution in [0, 0.1) is 0 Å². The van der Waals surface area contributed by atoms with Gasteiger partial charge in [0.2, 0.25) is 0 Å². The number of nitrogens with zero attached hydrogens (tertiary/aromatic N) is 1. The normalized spacial score (nSPS) is 11.1. The third-order valence-electron chi connectivity index (χ3n) is 3.90. The lowest BCUT2D eigenvalue weighted by molar-refractivity contribution is 0.405. The second kappa shape index (κ2) is 7.49. The maximum Gasteiger partial charge on any atom is 0.264 e. The van der Waals surface area contributed by atoms with Crippen LogP contribution >= 0.6 is 0 Å². The molecule has 0 aliphatic heterocycles. The summed E-state index contributed by atoms with van der Waals surface area (Å²) >= 11 is 0. The summed E-state index contributed by atoms with van der Waals surface area (Å²) < 4.78 is 33.0. The van der Waals surface area contributed by atoms with E-state index in [0.717, 1.165) is 5.56 Å². The van der Waals surface area contributed by atoms with Gasteiger partial charge in [-0.25, -0.2) is 8.42 Å². The Labute approximate surface area is 153 Å². The van der Waals surface area contributed by atoms with E-state index >= 15 is 0 Å². The average Bonchev–Trinajstić information content (AvgIpc) is 2.67. The van der Waals surface area contributed by atoms with Crippen molar-refractivity contribution in [2.24, 2.45) is 0 Å². The molecule has 0 radical (unpaired) electrons. The number of rotatable bonds is 6. The van der Waals surface area contributed by atoms with Crippen LogP contribution in [0.1, 0.15) is 5.56 Å². The number of phenolic OH excluding ortho intramolecular Hbond substituents is 1. The number of anilines is 1. The molecular weight excluding hydrogens is 350 g/mol. The number of sulfonamides is 1. The molecule has 0 spiro atoms. The van der Waals surface area contributed by atoms with Crippen molar-refractivity contribution in [2.45, 2.75) is 11.4 Å². The van der Waals surface area contributed by atoms with Crippen LogP contribution in [0.2, 0.25) is 0 Å². The number of hydrogen-bond donors (Lipinski definition) is 1. The Morgan fingerprint density at radius 3 is 2.15 bits per heavy atom. The molecular formula is C20H19NO4S. The molecule has 0 saturated carbocycles. The second-order valence-corrected chi connectivity index (χ2v) is 7.56. The van der Waals surface area contributed by atoms with Crippen LogP contribution in [-0.4, -0.2) is 20.6 Å². The van der Waals surface area contributed by atoms with Gasteiger partial charge in [-0.1, -0.05) is 48.5 Å². The third-order valence-corrected chi connectivity index (χ3v) is 5.65. The number of ether oxygens (including phenoxy) is 1. The van der Waals surface area contributed by atoms with Crippen molar-refractivity contribution in [1.82, 2.24) is 0 Å². The van der Waals surface area contributed by atoms with Crippen LogP contribution in [0.4, 0.5) is 5.69 Å². The number of aromatic hydroxyl groups is 1. The molecule has 3 rings (SSSR count). The molecule has 0 atom stereocenters. The Morgan fingerprint density at radius 1 is 0.923 bits per heavy atom. The van der Waals surface area contributed by atoms with Gasteiger partial charge in [0, 0.05) is 18.2 Å². The Kier molecular flexibility index (Phi) is 5.14. The van der Waals surface area contributed by atoms with Crippen molar-refractivity contribution in [2.75, 3.05) is 11.4 Å². The first kappa shape index (κ1) is 17.8. The van der Waals surface area contributed by atoms with E-state index in [-0.39, 0.29) is 22.9 Å². The quantitative estimate of drug-likeness (QED) is 0.718. The molecule has 3 aromatic rings. The van der Waals surface area contributed by atoms with Crippen LogP contribution in [-0.2, 0) is 16.6 Å². The Balaban J connectivity index is 2.10. The third kappa shape index (κ3) is 3.81. The lowest BCUT2D eigenvalue weighted by Gasteiger charge is -2.25. The summed E-state index contributed by atoms with van der Waals surface area (Å²) in [5, 5.41) is 9.87. The van der Waals surface area contributed by atoms with E-state index in [2.05, 4.69) is 0 Å². The zero-order valence-corrected chi connectivity index (χ0v) is 15.1. The van der Waals surface area contributed by atoms with Gasteiger partial charge in [-0.2, -0.15) is 0 Å². The van der Waals surface area contributed by atoms with Crippen molar-refractivity contribution in [3.63, 3.8) is 0 Å². The molecule has 0 saturated heterocycles. The van der Waals surface area contributed by atoms with Gasteiger partial charge >= 0.3 is 0 Å². The van der Waals surface area contributed by atoms with Crippen molar-refractivity contribution >= 4 is 15.7 Å². The summed E-state index contributed by atoms with van der Waals surface area (Å²) in [6.45, 7) is 0.172. The van der Waals surface area contributed by atoms with Gasteiger partial charge in [-0.15, -0.1) is 0 Å². The lowest BCUT2D eigenvalue weighted by Crippen LogP contribution is -2.30. The zero-order chi connectivity index (χ0) is 18.6. The van der Waals surface area contributed by atoms with Gasteiger partial charge in [-0.3, -0.25) is 4.31 Å². The predicted molar refractivity (Wildman–Crippen MR) is 101 cm³/mol. The summed E-state index contributed by atoms with van der Waals surface area (Å²) in [5.74, 6) is 0.104. The first-order valence-electron chi connectivity index (χ1n) is 8.00. The highest BCUT2D eigenvalue weighted by Gasteiger charge is 2.26. The minimum Gasteiger partial charge on any atom is -0.508 e. The molecule has 1 N–H and O–H groups in total. The SMILES string of the molecule is COc1cc(O)cc(S(=O)(=O)N(Cc2ccccc2)c2ccccc2)c1. The van der Waals surface area contributed by atoms with Crippen LogP contribution in [0.15, 0.2) is 83.8 Å². The minimum atomic E-state index is -3.91. The van der Waals surface area contributed by atoms with Crippen molar-refractivity contribution < 1.29 is 18.3 Å². The highest BCUT2D eigenvalue weighted by atomic mass is 32.2. The molecule has 0 heterocycles. The summed E-state index contributed by atoms with van der Waals surface area (Å²) in [4.78, 5) is -0.0332. The van der Waals surface area contributed by atoms with E-state index in [1.807, 2.05) is 36.4 Å². The molecule has 6 heteroatoms. The molecule has 0 aromatic heterocycles. The van der Waals surface area contributed by atoms with Crippen LogP contribution < -0.4 is 9.04 Å². The lowest BCUT2D eigenvalue weighted by atomic mass is 10.2. The largest absolute Gasteiger partial charge is 0.508 e. The molecule has 0 unspecified atom stereocenters. The molecule has 0 aliphatic carbocycles. The van der Waals surface area contributed by atoms with E-state index < -0.39 is 10.0 Å². The monoisotopic (exact) mass is 369 g/mol. The number of methoxy groups -OCH3 is 1. The maximum absolute atomic E-state index is 13.3. The van der Waals surface area contributed by atoms with Gasteiger partial charge < -0.3 is 9.84 Å². The van der Waals surface area contributed by atoms with E-state index in [4.69, 9.17) is 4.74 Å². The van der Waals surface area contributed by atoms with Crippen LogP contribution in [0.5, 0.6) is 11.5 Å². The molecule has 5 nitrogen and oxygen atoms in total. The van der Waals surface area contributed by atoms with Gasteiger partial charge in [0.25, 0.3) is 10.0 Å². The van der Waals surface area contributed by atoms with Crippen LogP contribution in [0.3, 0.4) is 0 Å². The summed E-state index contributed by atoms with van der Waals surface area (Å²) in [5.41, 5.74) is 1.39. The fourth-order valence-electron chi connectivity index (χ4n) is 2.61. The number of hydrogen-bond acceptors (Lipinski definition) is 4. The maximum atomic E-state index is 13.3. The van der Waals surface area contributed by atoms with Crippen molar-refractivity contribution in [1.29, 1.82) is 0 Å². The van der Waals surface area contributed by atoms with Crippen molar-refractivity contribution in [3.05, 3.63) is 84.4 Å². The standard InChI is InChI=1S/C20H19NO4S/c1-25-19-12-18(22)13-20(14-19)26(23,24)21(17-10-6-3-7-11-17)15-16-8-4-2-5-9-16/h2-14,22H,15H2,1H3. The Morgan fingerprint density at radius 2 is 1.54 bits per heavy atom. The number of phenols is 1. The smallest absolute Gasteiger partial charge is 0.264 e. The average molecular weight is 369 g/mol. The molecule has 0 aliphatic rings. The fraction of sp³-hybridized carbons (Fsp3) is 0.100. The van der Waals surface area contributed by atoms with Gasteiger partial charge in [0.1, 0.15) is 11.5 Å². The van der Waals surface area contributed by atoms with Crippen molar-refractivity contribution in [3.8, 4) is 11.5 Å². The Bertz CT molecular complexity index is 973. The molecule has 3 aromatic carbocycles. The zero-order valence-electron chi connectivity index (χ0n) is 14.2. The fourth-order valence-corrected chi connectivity index (χ4v) is 4.12. The molecule has 0 fully saturated rings. The topological polar surface area (TPSA) is 66.8 Å². The summed E-state index contributed by atoms with van der Waals surface area (Å²) in [6.07, 6.45) is 0.